The molecular formula is C12H17NaO10S. The normalized spacial score (nSPS) is 29.2. The predicted octanol–water partition coefficient (Wildman–Crippen LogP) is -5.32. The van der Waals surface area contributed by atoms with Gasteiger partial charge in [-0.1, -0.05) is 12.1 Å². The summed E-state index contributed by atoms with van der Waals surface area (Å²) in [7, 11) is 0. The van der Waals surface area contributed by atoms with Crippen LogP contribution >= 0.6 is 0 Å². The molecule has 24 heavy (non-hydrogen) atoms. The molecule has 0 aliphatic carbocycles. The minimum Gasteiger partial charge on any atom is -0.784 e. The van der Waals surface area contributed by atoms with Crippen LogP contribution in [-0.2, 0) is 16.1 Å². The van der Waals surface area contributed by atoms with Crippen molar-refractivity contribution in [2.75, 3.05) is 6.61 Å². The third kappa shape index (κ3) is 6.90. The van der Waals surface area contributed by atoms with E-state index < -0.39 is 48.7 Å². The number of hydrogen-bond donors (Lipinski definition) is 5. The van der Waals surface area contributed by atoms with Crippen LogP contribution in [0.25, 0.3) is 0 Å². The van der Waals surface area contributed by atoms with Crippen molar-refractivity contribution in [3.05, 3.63) is 24.3 Å². The van der Waals surface area contributed by atoms with E-state index in [-0.39, 0.29) is 42.5 Å². The van der Waals surface area contributed by atoms with Gasteiger partial charge < -0.3 is 44.1 Å². The zero-order valence-electron chi connectivity index (χ0n) is 13.6. The monoisotopic (exact) mass is 376 g/mol. The summed E-state index contributed by atoms with van der Waals surface area (Å²) in [6.07, 6.45) is -6.75. The molecule has 0 radical (unpaired) electrons. The number of aliphatic hydroxyl groups excluding tert-OH is 4. The van der Waals surface area contributed by atoms with Gasteiger partial charge in [-0.05, 0) is 12.1 Å². The van der Waals surface area contributed by atoms with Crippen LogP contribution in [0.2, 0.25) is 0 Å². The summed E-state index contributed by atoms with van der Waals surface area (Å²) in [5, 5.41) is 47.5. The molecular weight excluding hydrogens is 359 g/mol. The average molecular weight is 376 g/mol. The van der Waals surface area contributed by atoms with Gasteiger partial charge in [0.25, 0.3) is 0 Å². The molecule has 1 saturated heterocycles. The van der Waals surface area contributed by atoms with E-state index >= 15 is 0 Å². The smallest absolute Gasteiger partial charge is 0.784 e. The van der Waals surface area contributed by atoms with E-state index in [1.807, 2.05) is 0 Å². The molecule has 0 saturated carbocycles. The van der Waals surface area contributed by atoms with Crippen molar-refractivity contribution < 1.29 is 79.3 Å². The van der Waals surface area contributed by atoms with E-state index in [1.165, 1.54) is 12.1 Å². The van der Waals surface area contributed by atoms with Crippen LogP contribution in [0.5, 0.6) is 11.5 Å². The maximum atomic E-state index is 9.85. The molecule has 1 aromatic carbocycles. The van der Waals surface area contributed by atoms with E-state index in [0.717, 1.165) is 0 Å². The molecule has 1 fully saturated rings. The topological polar surface area (TPSA) is 183 Å². The van der Waals surface area contributed by atoms with Crippen LogP contribution in [0.3, 0.4) is 0 Å². The summed E-state index contributed by atoms with van der Waals surface area (Å²) in [5.41, 5.74) is 0. The Bertz CT molecular complexity index is 518. The van der Waals surface area contributed by atoms with E-state index in [2.05, 4.69) is 0 Å². The largest absolute Gasteiger partial charge is 1.00 e. The molecule has 5 N–H and O–H groups in total. The summed E-state index contributed by atoms with van der Waals surface area (Å²) < 4.78 is 35.6. The Hall–Kier alpha value is -0.310. The minimum atomic E-state index is -3.11. The van der Waals surface area contributed by atoms with Crippen molar-refractivity contribution in [3.63, 3.8) is 0 Å². The number of hydrogen-bond acceptors (Lipinski definition) is 10. The number of para-hydroxylation sites is 2. The molecule has 2 rings (SSSR count). The Balaban J connectivity index is 0. The Morgan fingerprint density at radius 1 is 1.21 bits per heavy atom. The van der Waals surface area contributed by atoms with E-state index in [0.29, 0.717) is 0 Å². The molecule has 0 spiro atoms. The van der Waals surface area contributed by atoms with Crippen LogP contribution in [-0.4, -0.2) is 76.2 Å². The maximum absolute atomic E-state index is 9.85. The minimum absolute atomic E-state index is 0. The molecule has 0 bridgehead atoms. The maximum Gasteiger partial charge on any atom is 1.00 e. The first-order valence-corrected chi connectivity index (χ1v) is 7.29. The first kappa shape index (κ1) is 23.7. The third-order valence-electron chi connectivity index (χ3n) is 2.97. The van der Waals surface area contributed by atoms with Gasteiger partial charge in [0, 0.05) is 0 Å². The third-order valence-corrected chi connectivity index (χ3v) is 2.97. The number of benzene rings is 1. The number of aromatic hydroxyl groups is 1. The Labute approximate surface area is 163 Å². The first-order valence-electron chi connectivity index (χ1n) is 6.29. The standard InChI is InChI=1S/C12H16O7.Na.H2O3S/c13-5-8-11(9(15)10(16)12(17)19-8)18-7-4-2-1-3-6(7)14;;1-4(2)3/h1-4,8-17H,5H2;;(H2,1,2,3)/q;+1;/p-1/t8-,9-,10-,11-,12+;;/m1../s1. The fourth-order valence-corrected chi connectivity index (χ4v) is 1.92. The number of phenolic OH excluding ortho intramolecular Hbond substituents is 1. The SMILES string of the molecule is O=S([O-])[O-].OC[C@H]1O[C@H](O)[C@H](O)[C@@H](O)[C@@H]1Oc1ccccc1O.[H+].[Na+]. The van der Waals surface area contributed by atoms with Crippen LogP contribution in [0.4, 0.5) is 0 Å². The van der Waals surface area contributed by atoms with E-state index in [1.54, 1.807) is 12.1 Å². The van der Waals surface area contributed by atoms with Crippen molar-refractivity contribution in [2.45, 2.75) is 30.7 Å². The van der Waals surface area contributed by atoms with Gasteiger partial charge in [-0.3, -0.25) is 4.21 Å². The second-order valence-corrected chi connectivity index (χ2v) is 4.89. The molecule has 1 heterocycles. The molecule has 5 atom stereocenters. The molecule has 1 aliphatic rings. The van der Waals surface area contributed by atoms with Gasteiger partial charge in [0.2, 0.25) is 0 Å². The van der Waals surface area contributed by atoms with Crippen LogP contribution in [0, 0.1) is 0 Å². The number of aliphatic hydroxyl groups is 4. The zero-order valence-corrected chi connectivity index (χ0v) is 15.4. The van der Waals surface area contributed by atoms with Crippen LogP contribution < -0.4 is 34.3 Å². The Morgan fingerprint density at radius 2 is 1.75 bits per heavy atom. The molecule has 10 nitrogen and oxygen atoms in total. The number of ether oxygens (including phenoxy) is 2. The first-order chi connectivity index (χ1) is 10.8. The van der Waals surface area contributed by atoms with Gasteiger partial charge >= 0.3 is 31.0 Å². The van der Waals surface area contributed by atoms with Crippen molar-refractivity contribution in [1.82, 2.24) is 0 Å². The molecule has 1 aromatic rings. The van der Waals surface area contributed by atoms with E-state index in [4.69, 9.17) is 27.9 Å². The molecule has 0 unspecified atom stereocenters. The molecule has 132 valence electrons. The molecule has 1 aliphatic heterocycles. The van der Waals surface area contributed by atoms with Gasteiger partial charge in [-0.15, -0.1) is 11.4 Å². The number of phenols is 1. The summed E-state index contributed by atoms with van der Waals surface area (Å²) in [6, 6.07) is 6.07. The predicted molar refractivity (Wildman–Crippen MR) is 73.3 cm³/mol. The molecule has 12 heteroatoms. The summed E-state index contributed by atoms with van der Waals surface area (Å²) in [4.78, 5) is 0. The average Bonchev–Trinajstić information content (AvgIpc) is 2.49. The summed E-state index contributed by atoms with van der Waals surface area (Å²) in [6.45, 7) is -0.515. The Kier molecular flexibility index (Phi) is 11.2. The van der Waals surface area contributed by atoms with Gasteiger partial charge in [0.15, 0.2) is 23.9 Å². The van der Waals surface area contributed by atoms with Crippen LogP contribution in [0.1, 0.15) is 1.43 Å². The summed E-state index contributed by atoms with van der Waals surface area (Å²) >= 11 is -3.11. The van der Waals surface area contributed by atoms with Crippen molar-refractivity contribution in [3.8, 4) is 11.5 Å². The van der Waals surface area contributed by atoms with Gasteiger partial charge in [-0.25, -0.2) is 0 Å². The Morgan fingerprint density at radius 3 is 2.25 bits per heavy atom. The van der Waals surface area contributed by atoms with Gasteiger partial charge in [0.05, 0.1) is 6.61 Å². The summed E-state index contributed by atoms with van der Waals surface area (Å²) in [5.74, 6) is -0.0656. The van der Waals surface area contributed by atoms with E-state index in [9.17, 15) is 20.4 Å². The second-order valence-electron chi connectivity index (χ2n) is 4.48. The van der Waals surface area contributed by atoms with Crippen molar-refractivity contribution in [1.29, 1.82) is 0 Å². The van der Waals surface area contributed by atoms with Crippen LogP contribution in [0.15, 0.2) is 24.3 Å². The number of rotatable bonds is 3. The van der Waals surface area contributed by atoms with Gasteiger partial charge in [0.1, 0.15) is 18.3 Å². The fraction of sp³-hybridized carbons (Fsp3) is 0.500. The fourth-order valence-electron chi connectivity index (χ4n) is 1.92. The van der Waals surface area contributed by atoms with Gasteiger partial charge in [-0.2, -0.15) is 0 Å². The second kappa shape index (κ2) is 11.3. The quantitative estimate of drug-likeness (QED) is 0.252. The van der Waals surface area contributed by atoms with Crippen molar-refractivity contribution in [2.24, 2.45) is 0 Å². The molecule has 0 amide bonds. The van der Waals surface area contributed by atoms with Crippen molar-refractivity contribution >= 4 is 11.4 Å². The zero-order chi connectivity index (χ0) is 17.6. The molecule has 0 aromatic heterocycles.